The van der Waals surface area contributed by atoms with Crippen molar-refractivity contribution in [2.45, 2.75) is 5.41 Å². The molecule has 3 heterocycles. The number of fused-ring (bicyclic) bond motifs is 6. The van der Waals surface area contributed by atoms with Crippen LogP contribution in [0, 0.1) is 0 Å². The van der Waals surface area contributed by atoms with Crippen molar-refractivity contribution < 1.29 is 4.74 Å². The van der Waals surface area contributed by atoms with Crippen LogP contribution in [-0.2, 0) is 5.41 Å². The van der Waals surface area contributed by atoms with Crippen LogP contribution < -0.4 is 4.74 Å². The highest BCUT2D eigenvalue weighted by Crippen LogP contribution is 2.56. The number of benzene rings is 7. The van der Waals surface area contributed by atoms with Crippen LogP contribution in [-0.4, -0.2) is 9.97 Å². The number of rotatable bonds is 4. The number of nitrogens with zero attached hydrogens (tertiary/aromatic N) is 2. The summed E-state index contributed by atoms with van der Waals surface area (Å²) in [5.41, 5.74) is 10.2. The van der Waals surface area contributed by atoms with Gasteiger partial charge in [0.1, 0.15) is 11.5 Å². The van der Waals surface area contributed by atoms with E-state index in [9.17, 15) is 0 Å². The van der Waals surface area contributed by atoms with E-state index in [4.69, 9.17) is 14.7 Å². The average Bonchev–Trinajstić information content (AvgIpc) is 3.20. The van der Waals surface area contributed by atoms with Crippen molar-refractivity contribution in [3.63, 3.8) is 0 Å². The van der Waals surface area contributed by atoms with Crippen molar-refractivity contribution in [1.29, 1.82) is 0 Å². The summed E-state index contributed by atoms with van der Waals surface area (Å²) in [5, 5.41) is 4.50. The first kappa shape index (κ1) is 28.4. The quantitative estimate of drug-likeness (QED) is 0.180. The van der Waals surface area contributed by atoms with Crippen molar-refractivity contribution >= 4 is 32.6 Å². The van der Waals surface area contributed by atoms with Crippen LogP contribution in [0.5, 0.6) is 11.5 Å². The van der Waals surface area contributed by atoms with E-state index in [0.717, 1.165) is 72.2 Å². The zero-order valence-corrected chi connectivity index (χ0v) is 27.1. The third-order valence-electron chi connectivity index (χ3n) is 10.3. The third-order valence-corrected chi connectivity index (χ3v) is 10.3. The van der Waals surface area contributed by atoms with Gasteiger partial charge in [-0.15, -0.1) is 0 Å². The van der Waals surface area contributed by atoms with Crippen molar-refractivity contribution in [3.05, 3.63) is 204 Å². The summed E-state index contributed by atoms with van der Waals surface area (Å²) in [6.45, 7) is 0. The number of ether oxygens (including phenoxy) is 1. The van der Waals surface area contributed by atoms with Crippen molar-refractivity contribution in [2.24, 2.45) is 0 Å². The van der Waals surface area contributed by atoms with Crippen molar-refractivity contribution in [2.75, 3.05) is 0 Å². The van der Waals surface area contributed by atoms with Gasteiger partial charge >= 0.3 is 0 Å². The predicted octanol–water partition coefficient (Wildman–Crippen LogP) is 11.8. The van der Waals surface area contributed by atoms with Gasteiger partial charge in [-0.3, -0.25) is 4.98 Å². The highest BCUT2D eigenvalue weighted by molar-refractivity contribution is 6.07. The van der Waals surface area contributed by atoms with Crippen molar-refractivity contribution in [1.82, 2.24) is 9.97 Å². The maximum atomic E-state index is 6.68. The van der Waals surface area contributed by atoms with Crippen LogP contribution in [0.15, 0.2) is 182 Å². The highest BCUT2D eigenvalue weighted by atomic mass is 16.5. The first-order chi connectivity index (χ1) is 24.8. The lowest BCUT2D eigenvalue weighted by Crippen LogP contribution is -2.34. The van der Waals surface area contributed by atoms with Gasteiger partial charge in [-0.25, -0.2) is 4.98 Å². The number of aromatic nitrogens is 2. The molecule has 0 radical (unpaired) electrons. The second-order valence-electron chi connectivity index (χ2n) is 12.9. The Morgan fingerprint density at radius 3 is 1.84 bits per heavy atom. The van der Waals surface area contributed by atoms with E-state index in [-0.39, 0.29) is 0 Å². The molecular weight excluding hydrogens is 609 g/mol. The third kappa shape index (κ3) is 4.23. The van der Waals surface area contributed by atoms with Gasteiger partial charge in [0.25, 0.3) is 0 Å². The van der Waals surface area contributed by atoms with Crippen LogP contribution in [0.25, 0.3) is 55.0 Å². The summed E-state index contributed by atoms with van der Waals surface area (Å²) in [4.78, 5) is 9.90. The minimum Gasteiger partial charge on any atom is -0.457 e. The molecular formula is C47H30N2O. The molecule has 9 aromatic rings. The maximum Gasteiger partial charge on any atom is 0.132 e. The molecule has 7 aromatic carbocycles. The molecule has 1 aliphatic heterocycles. The molecule has 2 aromatic heterocycles. The van der Waals surface area contributed by atoms with E-state index in [1.165, 1.54) is 16.5 Å². The molecule has 0 fully saturated rings. The Labute approximate surface area is 290 Å². The molecule has 3 heteroatoms. The molecule has 1 aliphatic rings. The molecule has 0 spiro atoms. The standard InChI is InChI=1S/C47H30N2O/c1-3-13-34(14-4-1)47(35-15-5-2-6-16-35)40-19-9-10-20-43(40)50-44-28-24-33(30-41(44)47)36-25-26-39(38-18-8-7-17-37(36)38)42-27-23-32-22-21-31-12-11-29-48-45(31)46(32)49-42/h1-30H. The second-order valence-corrected chi connectivity index (χ2v) is 12.9. The Morgan fingerprint density at radius 1 is 0.440 bits per heavy atom. The van der Waals surface area contributed by atoms with E-state index in [1.807, 2.05) is 12.3 Å². The Morgan fingerprint density at radius 2 is 1.06 bits per heavy atom. The van der Waals surface area contributed by atoms with Crippen LogP contribution in [0.2, 0.25) is 0 Å². The molecule has 0 N–H and O–H groups in total. The fourth-order valence-electron chi connectivity index (χ4n) is 8.02. The number of pyridine rings is 2. The maximum absolute atomic E-state index is 6.68. The van der Waals surface area contributed by atoms with E-state index in [1.54, 1.807) is 0 Å². The van der Waals surface area contributed by atoms with Gasteiger partial charge in [0.2, 0.25) is 0 Å². The predicted molar refractivity (Wildman–Crippen MR) is 204 cm³/mol. The normalized spacial score (nSPS) is 13.1. The fraction of sp³-hybridized carbons (Fsp3) is 0.0213. The van der Waals surface area contributed by atoms with Crippen LogP contribution in [0.4, 0.5) is 0 Å². The van der Waals surface area contributed by atoms with E-state index in [0.29, 0.717) is 0 Å². The topological polar surface area (TPSA) is 35.0 Å². The molecule has 0 bridgehead atoms. The molecule has 50 heavy (non-hydrogen) atoms. The van der Waals surface area contributed by atoms with Gasteiger partial charge in [-0.1, -0.05) is 146 Å². The second kappa shape index (κ2) is 11.3. The Hall–Kier alpha value is -6.58. The zero-order valence-electron chi connectivity index (χ0n) is 27.1. The van der Waals surface area contributed by atoms with E-state index < -0.39 is 5.41 Å². The zero-order chi connectivity index (χ0) is 33.1. The van der Waals surface area contributed by atoms with Crippen LogP contribution in [0.1, 0.15) is 22.3 Å². The summed E-state index contributed by atoms with van der Waals surface area (Å²) in [6, 6.07) is 62.5. The molecule has 0 saturated heterocycles. The van der Waals surface area contributed by atoms with Crippen LogP contribution in [0.3, 0.4) is 0 Å². The molecule has 0 unspecified atom stereocenters. The van der Waals surface area contributed by atoms with E-state index in [2.05, 4.69) is 170 Å². The Balaban J connectivity index is 1.20. The highest BCUT2D eigenvalue weighted by Gasteiger charge is 2.45. The lowest BCUT2D eigenvalue weighted by Gasteiger charge is -2.41. The molecule has 0 atom stereocenters. The number of hydrogen-bond acceptors (Lipinski definition) is 3. The average molecular weight is 639 g/mol. The van der Waals surface area contributed by atoms with Crippen molar-refractivity contribution in [3.8, 4) is 33.9 Å². The molecule has 0 amide bonds. The van der Waals surface area contributed by atoms with Gasteiger partial charge in [0, 0.05) is 33.7 Å². The monoisotopic (exact) mass is 638 g/mol. The summed E-state index contributed by atoms with van der Waals surface area (Å²) in [6.07, 6.45) is 1.84. The lowest BCUT2D eigenvalue weighted by atomic mass is 9.63. The summed E-state index contributed by atoms with van der Waals surface area (Å²) in [5.74, 6) is 1.74. The SMILES string of the molecule is c1ccc(C2(c3ccccc3)c3ccccc3Oc3ccc(-c4ccc(-c5ccc6ccc7cccnc7c6n5)c5ccccc45)cc32)cc1. The smallest absolute Gasteiger partial charge is 0.132 e. The first-order valence-electron chi connectivity index (χ1n) is 17.0. The molecule has 0 aliphatic carbocycles. The Bertz CT molecular complexity index is 2700. The summed E-state index contributed by atoms with van der Waals surface area (Å²) in [7, 11) is 0. The fourth-order valence-corrected chi connectivity index (χ4v) is 8.02. The van der Waals surface area contributed by atoms with Gasteiger partial charge in [0.05, 0.1) is 22.1 Å². The lowest BCUT2D eigenvalue weighted by molar-refractivity contribution is 0.434. The minimum absolute atomic E-state index is 0.579. The van der Waals surface area contributed by atoms with E-state index >= 15 is 0 Å². The summed E-state index contributed by atoms with van der Waals surface area (Å²) < 4.78 is 6.68. The minimum atomic E-state index is -0.579. The number of para-hydroxylation sites is 1. The molecule has 3 nitrogen and oxygen atoms in total. The van der Waals surface area contributed by atoms with Crippen LogP contribution >= 0.6 is 0 Å². The van der Waals surface area contributed by atoms with Gasteiger partial charge in [-0.05, 0) is 63.4 Å². The molecule has 0 saturated carbocycles. The molecule has 234 valence electrons. The molecule has 10 rings (SSSR count). The number of hydrogen-bond donors (Lipinski definition) is 0. The largest absolute Gasteiger partial charge is 0.457 e. The van der Waals surface area contributed by atoms with Gasteiger partial charge in [-0.2, -0.15) is 0 Å². The van der Waals surface area contributed by atoms with Gasteiger partial charge < -0.3 is 4.74 Å². The summed E-state index contributed by atoms with van der Waals surface area (Å²) >= 11 is 0. The first-order valence-corrected chi connectivity index (χ1v) is 17.0. The Kier molecular flexibility index (Phi) is 6.40. The van der Waals surface area contributed by atoms with Gasteiger partial charge in [0.15, 0.2) is 0 Å².